The Bertz CT molecular complexity index is 415. The Morgan fingerprint density at radius 1 is 1.16 bits per heavy atom. The Balaban J connectivity index is 1.72. The highest BCUT2D eigenvalue weighted by Crippen LogP contribution is 2.41. The number of nitrogens with zero attached hydrogens (tertiary/aromatic N) is 2. The molecule has 1 saturated heterocycles. The van der Waals surface area contributed by atoms with Crippen LogP contribution in [-0.2, 0) is 0 Å². The van der Waals surface area contributed by atoms with Crippen molar-refractivity contribution in [2.45, 2.75) is 44.1 Å². The van der Waals surface area contributed by atoms with Crippen molar-refractivity contribution < 1.29 is 0 Å². The molecule has 2 fully saturated rings. The predicted molar refractivity (Wildman–Crippen MR) is 80.8 cm³/mol. The lowest BCUT2D eigenvalue weighted by atomic mass is 9.79. The van der Waals surface area contributed by atoms with Crippen LogP contribution >= 0.6 is 0 Å². The fourth-order valence-electron chi connectivity index (χ4n) is 3.39. The van der Waals surface area contributed by atoms with Crippen LogP contribution in [0, 0.1) is 6.07 Å². The van der Waals surface area contributed by atoms with Gasteiger partial charge < -0.3 is 9.80 Å². The number of hydrogen-bond acceptors (Lipinski definition) is 2. The Labute approximate surface area is 117 Å². The van der Waals surface area contributed by atoms with Crippen molar-refractivity contribution in [1.82, 2.24) is 4.90 Å². The van der Waals surface area contributed by atoms with Crippen LogP contribution in [0.1, 0.15) is 43.6 Å². The monoisotopic (exact) mass is 257 g/mol. The molecule has 0 aromatic heterocycles. The largest absolute Gasteiger partial charge is 0.371 e. The molecule has 1 aliphatic heterocycles. The van der Waals surface area contributed by atoms with Crippen LogP contribution in [0.25, 0.3) is 0 Å². The van der Waals surface area contributed by atoms with Crippen LogP contribution in [0.3, 0.4) is 0 Å². The third kappa shape index (κ3) is 2.64. The van der Waals surface area contributed by atoms with Crippen molar-refractivity contribution in [3.63, 3.8) is 0 Å². The molecule has 1 saturated carbocycles. The molecule has 0 atom stereocenters. The fraction of sp³-hybridized carbons (Fsp3) is 0.647. The summed E-state index contributed by atoms with van der Waals surface area (Å²) in [7, 11) is 4.41. The maximum absolute atomic E-state index is 3.28. The van der Waals surface area contributed by atoms with Gasteiger partial charge in [0.25, 0.3) is 0 Å². The van der Waals surface area contributed by atoms with Crippen LogP contribution in [0.5, 0.6) is 0 Å². The molecule has 103 valence electrons. The van der Waals surface area contributed by atoms with Crippen molar-refractivity contribution >= 4 is 5.69 Å². The minimum Gasteiger partial charge on any atom is -0.371 e. The molecule has 1 aliphatic carbocycles. The second-order valence-corrected chi connectivity index (χ2v) is 6.29. The van der Waals surface area contributed by atoms with Gasteiger partial charge in [-0.25, -0.2) is 0 Å². The second-order valence-electron chi connectivity index (χ2n) is 6.29. The van der Waals surface area contributed by atoms with E-state index in [2.05, 4.69) is 48.2 Å². The average molecular weight is 257 g/mol. The zero-order chi connectivity index (χ0) is 13.2. The van der Waals surface area contributed by atoms with Gasteiger partial charge in [-0.3, -0.25) is 0 Å². The Hall–Kier alpha value is -1.02. The summed E-state index contributed by atoms with van der Waals surface area (Å²) in [6, 6.07) is 10.6. The fourth-order valence-corrected chi connectivity index (χ4v) is 3.39. The summed E-state index contributed by atoms with van der Waals surface area (Å²) in [4.78, 5) is 4.98. The second kappa shape index (κ2) is 5.54. The highest BCUT2D eigenvalue weighted by molar-refractivity contribution is 5.55. The standard InChI is InChI=1S/C17H25N2/c1-18(2)15-10-12-19(13-11-15)17-9-4-3-8-16(17)14-6-5-7-14/h4,8-9,14-15H,5-7,10-13H2,1-2H3. The van der Waals surface area contributed by atoms with Gasteiger partial charge in [-0.05, 0) is 69.5 Å². The summed E-state index contributed by atoms with van der Waals surface area (Å²) < 4.78 is 0. The van der Waals surface area contributed by atoms with E-state index in [1.54, 1.807) is 5.56 Å². The molecule has 0 amide bonds. The van der Waals surface area contributed by atoms with Crippen LogP contribution in [0.4, 0.5) is 5.69 Å². The number of rotatable bonds is 3. The first kappa shape index (κ1) is 13.0. The molecular weight excluding hydrogens is 232 g/mol. The molecular formula is C17H25N2. The summed E-state index contributed by atoms with van der Waals surface area (Å²) in [6.45, 7) is 2.40. The first-order valence-corrected chi connectivity index (χ1v) is 7.67. The number of benzene rings is 1. The van der Waals surface area contributed by atoms with Crippen molar-refractivity contribution in [3.8, 4) is 0 Å². The minimum atomic E-state index is 0.763. The van der Waals surface area contributed by atoms with E-state index in [4.69, 9.17) is 0 Å². The average Bonchev–Trinajstić information content (AvgIpc) is 2.37. The number of hydrogen-bond donors (Lipinski definition) is 0. The van der Waals surface area contributed by atoms with E-state index in [-0.39, 0.29) is 0 Å². The lowest BCUT2D eigenvalue weighted by Crippen LogP contribution is -2.42. The maximum Gasteiger partial charge on any atom is 0.0402 e. The Morgan fingerprint density at radius 3 is 2.47 bits per heavy atom. The normalized spacial score (nSPS) is 21.7. The molecule has 2 aliphatic rings. The van der Waals surface area contributed by atoms with Gasteiger partial charge in [0, 0.05) is 24.8 Å². The maximum atomic E-state index is 3.28. The molecule has 3 rings (SSSR count). The molecule has 19 heavy (non-hydrogen) atoms. The van der Waals surface area contributed by atoms with Crippen molar-refractivity contribution in [1.29, 1.82) is 0 Å². The quantitative estimate of drug-likeness (QED) is 0.820. The third-order valence-electron chi connectivity index (χ3n) is 4.95. The SMILES string of the molecule is CN(C)C1CCN(c2cc[c]cc2C2CCC2)CC1. The number of anilines is 1. The first-order valence-electron chi connectivity index (χ1n) is 7.67. The highest BCUT2D eigenvalue weighted by Gasteiger charge is 2.26. The van der Waals surface area contributed by atoms with Gasteiger partial charge in [0.15, 0.2) is 0 Å². The zero-order valence-electron chi connectivity index (χ0n) is 12.2. The van der Waals surface area contributed by atoms with Crippen LogP contribution < -0.4 is 4.90 Å². The third-order valence-corrected chi connectivity index (χ3v) is 4.95. The van der Waals surface area contributed by atoms with E-state index < -0.39 is 0 Å². The molecule has 1 aromatic carbocycles. The summed E-state index contributed by atoms with van der Waals surface area (Å²) >= 11 is 0. The van der Waals surface area contributed by atoms with Gasteiger partial charge in [-0.15, -0.1) is 0 Å². The minimum absolute atomic E-state index is 0.763. The first-order chi connectivity index (χ1) is 9.25. The van der Waals surface area contributed by atoms with Crippen LogP contribution in [0.15, 0.2) is 18.2 Å². The van der Waals surface area contributed by atoms with Gasteiger partial charge in [0.05, 0.1) is 0 Å². The zero-order valence-corrected chi connectivity index (χ0v) is 12.2. The smallest absolute Gasteiger partial charge is 0.0402 e. The Morgan fingerprint density at radius 2 is 1.89 bits per heavy atom. The van der Waals surface area contributed by atoms with E-state index in [9.17, 15) is 0 Å². The van der Waals surface area contributed by atoms with Crippen molar-refractivity contribution in [2.75, 3.05) is 32.1 Å². The molecule has 1 radical (unpaired) electrons. The van der Waals surface area contributed by atoms with E-state index >= 15 is 0 Å². The van der Waals surface area contributed by atoms with E-state index in [1.165, 1.54) is 50.9 Å². The predicted octanol–water partition coefficient (Wildman–Crippen LogP) is 3.28. The van der Waals surface area contributed by atoms with E-state index in [0.29, 0.717) is 0 Å². The highest BCUT2D eigenvalue weighted by atomic mass is 15.2. The lowest BCUT2D eigenvalue weighted by Gasteiger charge is -2.39. The molecule has 1 aromatic rings. The van der Waals surface area contributed by atoms with Crippen molar-refractivity contribution in [2.24, 2.45) is 0 Å². The number of piperidine rings is 1. The Kier molecular flexibility index (Phi) is 3.79. The van der Waals surface area contributed by atoms with Crippen LogP contribution in [-0.4, -0.2) is 38.1 Å². The van der Waals surface area contributed by atoms with Gasteiger partial charge >= 0.3 is 0 Å². The van der Waals surface area contributed by atoms with Gasteiger partial charge in [-0.1, -0.05) is 12.5 Å². The van der Waals surface area contributed by atoms with Crippen LogP contribution in [0.2, 0.25) is 0 Å². The molecule has 0 bridgehead atoms. The van der Waals surface area contributed by atoms with Gasteiger partial charge in [-0.2, -0.15) is 0 Å². The van der Waals surface area contributed by atoms with Crippen molar-refractivity contribution in [3.05, 3.63) is 29.8 Å². The summed E-state index contributed by atoms with van der Waals surface area (Å²) in [6.07, 6.45) is 6.73. The summed E-state index contributed by atoms with van der Waals surface area (Å²) in [5.74, 6) is 0.805. The molecule has 0 N–H and O–H groups in total. The van der Waals surface area contributed by atoms with Gasteiger partial charge in [0.2, 0.25) is 0 Å². The molecule has 0 spiro atoms. The summed E-state index contributed by atoms with van der Waals surface area (Å²) in [5.41, 5.74) is 3.04. The molecule has 0 unspecified atom stereocenters. The lowest BCUT2D eigenvalue weighted by molar-refractivity contribution is 0.249. The molecule has 2 nitrogen and oxygen atoms in total. The van der Waals surface area contributed by atoms with E-state index in [1.807, 2.05) is 0 Å². The topological polar surface area (TPSA) is 6.48 Å². The van der Waals surface area contributed by atoms with E-state index in [0.717, 1.165) is 12.0 Å². The molecule has 1 heterocycles. The van der Waals surface area contributed by atoms with Gasteiger partial charge in [0.1, 0.15) is 0 Å². The molecule has 2 heteroatoms. The summed E-state index contributed by atoms with van der Waals surface area (Å²) in [5, 5.41) is 0.